The van der Waals surface area contributed by atoms with Crippen LogP contribution in [-0.4, -0.2) is 19.5 Å². The molecule has 3 N–H and O–H groups in total. The van der Waals surface area contributed by atoms with Crippen LogP contribution in [0.4, 0.5) is 5.69 Å². The number of aromatic nitrogens is 3. The number of nitrogens with two attached hydrogens (primary N) is 1. The number of fused-ring (bicyclic) bond motifs is 3. The van der Waals surface area contributed by atoms with Crippen molar-refractivity contribution in [1.82, 2.24) is 14.4 Å². The summed E-state index contributed by atoms with van der Waals surface area (Å²) in [5, 5.41) is 9.91. The van der Waals surface area contributed by atoms with Crippen LogP contribution in [0.2, 0.25) is 0 Å². The summed E-state index contributed by atoms with van der Waals surface area (Å²) in [5.74, 6) is 0.146. The van der Waals surface area contributed by atoms with E-state index >= 15 is 0 Å². The minimum Gasteiger partial charge on any atom is -0.493 e. The molecule has 0 aliphatic heterocycles. The van der Waals surface area contributed by atoms with Crippen molar-refractivity contribution in [1.29, 1.82) is 0 Å². The first kappa shape index (κ1) is 8.96. The van der Waals surface area contributed by atoms with Crippen LogP contribution < -0.4 is 5.73 Å². The highest BCUT2D eigenvalue weighted by Crippen LogP contribution is 2.24. The van der Waals surface area contributed by atoms with E-state index in [-0.39, 0.29) is 5.88 Å². The Morgan fingerprint density at radius 1 is 1.38 bits per heavy atom. The van der Waals surface area contributed by atoms with Crippen molar-refractivity contribution in [3.8, 4) is 5.88 Å². The first-order chi connectivity index (χ1) is 7.66. The molecule has 0 fully saturated rings. The largest absolute Gasteiger partial charge is 0.493 e. The third kappa shape index (κ3) is 1.05. The molecule has 0 aliphatic rings. The number of nitrogens with zero attached hydrogens (tertiary/aromatic N) is 3. The Morgan fingerprint density at radius 2 is 2.19 bits per heavy atom. The lowest BCUT2D eigenvalue weighted by atomic mass is 10.2. The minimum absolute atomic E-state index is 0.146. The Hall–Kier alpha value is -2.30. The van der Waals surface area contributed by atoms with Gasteiger partial charge in [-0.3, -0.25) is 9.38 Å². The molecule has 2 heterocycles. The number of aromatic hydroxyl groups is 1. The molecule has 0 unspecified atom stereocenters. The van der Waals surface area contributed by atoms with Crippen LogP contribution >= 0.6 is 0 Å². The van der Waals surface area contributed by atoms with Gasteiger partial charge in [0.2, 0.25) is 5.88 Å². The number of benzene rings is 1. The minimum atomic E-state index is 0.146. The lowest BCUT2D eigenvalue weighted by molar-refractivity contribution is 0.446. The van der Waals surface area contributed by atoms with Gasteiger partial charge in [0.25, 0.3) is 0 Å². The summed E-state index contributed by atoms with van der Waals surface area (Å²) >= 11 is 0. The van der Waals surface area contributed by atoms with Crippen LogP contribution in [0, 0.1) is 6.92 Å². The molecular weight excluding hydrogens is 204 g/mol. The standard InChI is InChI=1S/C11H10N4O/c1-6-11(16)15-9-3-2-7(12)4-8(9)13-5-10(15)14-6/h2-5,16H,12H2,1H3. The van der Waals surface area contributed by atoms with Gasteiger partial charge in [-0.2, -0.15) is 0 Å². The number of hydrogen-bond donors (Lipinski definition) is 2. The Balaban J connectivity index is 2.57. The van der Waals surface area contributed by atoms with Gasteiger partial charge in [0.15, 0.2) is 5.65 Å². The van der Waals surface area contributed by atoms with Crippen molar-refractivity contribution in [3.63, 3.8) is 0 Å². The molecular formula is C11H10N4O. The Kier molecular flexibility index (Phi) is 1.60. The average Bonchev–Trinajstić information content (AvgIpc) is 2.55. The van der Waals surface area contributed by atoms with Gasteiger partial charge in [0.1, 0.15) is 5.69 Å². The summed E-state index contributed by atoms with van der Waals surface area (Å²) in [6, 6.07) is 5.37. The van der Waals surface area contributed by atoms with Crippen LogP contribution in [0.25, 0.3) is 16.7 Å². The number of hydrogen-bond acceptors (Lipinski definition) is 4. The van der Waals surface area contributed by atoms with Crippen LogP contribution in [0.5, 0.6) is 5.88 Å². The molecule has 0 atom stereocenters. The van der Waals surface area contributed by atoms with Gasteiger partial charge >= 0.3 is 0 Å². The van der Waals surface area contributed by atoms with Crippen LogP contribution in [0.15, 0.2) is 24.4 Å². The molecule has 0 saturated heterocycles. The summed E-state index contributed by atoms with van der Waals surface area (Å²) in [6.07, 6.45) is 1.62. The average molecular weight is 214 g/mol. The van der Waals surface area contributed by atoms with Gasteiger partial charge < -0.3 is 10.8 Å². The first-order valence-corrected chi connectivity index (χ1v) is 4.89. The molecule has 0 amide bonds. The smallest absolute Gasteiger partial charge is 0.219 e. The zero-order chi connectivity index (χ0) is 11.3. The first-order valence-electron chi connectivity index (χ1n) is 4.89. The number of imidazole rings is 1. The Morgan fingerprint density at radius 3 is 3.00 bits per heavy atom. The van der Waals surface area contributed by atoms with Crippen LogP contribution in [0.3, 0.4) is 0 Å². The van der Waals surface area contributed by atoms with Crippen molar-refractivity contribution in [2.75, 3.05) is 5.73 Å². The fourth-order valence-corrected chi connectivity index (χ4v) is 1.83. The maximum absolute atomic E-state index is 9.91. The van der Waals surface area contributed by atoms with Crippen molar-refractivity contribution < 1.29 is 5.11 Å². The molecule has 0 aliphatic carbocycles. The third-order valence-electron chi connectivity index (χ3n) is 2.61. The van der Waals surface area contributed by atoms with Gasteiger partial charge in [0.05, 0.1) is 17.2 Å². The molecule has 3 rings (SSSR count). The van der Waals surface area contributed by atoms with E-state index in [0.717, 1.165) is 11.0 Å². The fourth-order valence-electron chi connectivity index (χ4n) is 1.83. The second-order valence-electron chi connectivity index (χ2n) is 3.72. The van der Waals surface area contributed by atoms with Gasteiger partial charge in [-0.05, 0) is 25.1 Å². The van der Waals surface area contributed by atoms with E-state index in [1.54, 1.807) is 29.7 Å². The van der Waals surface area contributed by atoms with Gasteiger partial charge in [-0.1, -0.05) is 0 Å². The highest BCUT2D eigenvalue weighted by Gasteiger charge is 2.10. The molecule has 0 radical (unpaired) electrons. The zero-order valence-electron chi connectivity index (χ0n) is 8.68. The van der Waals surface area contributed by atoms with Crippen LogP contribution in [-0.2, 0) is 0 Å². The fraction of sp³-hybridized carbons (Fsp3) is 0.0909. The topological polar surface area (TPSA) is 76.4 Å². The lowest BCUT2D eigenvalue weighted by Gasteiger charge is -2.02. The molecule has 5 heteroatoms. The summed E-state index contributed by atoms with van der Waals surface area (Å²) in [5.41, 5.74) is 9.09. The Bertz CT molecular complexity index is 702. The van der Waals surface area contributed by atoms with E-state index in [2.05, 4.69) is 9.97 Å². The van der Waals surface area contributed by atoms with E-state index in [1.807, 2.05) is 6.07 Å². The molecule has 2 aromatic heterocycles. The van der Waals surface area contributed by atoms with Gasteiger partial charge in [-0.15, -0.1) is 0 Å². The molecule has 16 heavy (non-hydrogen) atoms. The summed E-state index contributed by atoms with van der Waals surface area (Å²) in [6.45, 7) is 1.76. The maximum atomic E-state index is 9.91. The van der Waals surface area contributed by atoms with E-state index in [9.17, 15) is 5.11 Å². The number of rotatable bonds is 0. The number of nitrogen functional groups attached to an aromatic ring is 1. The van der Waals surface area contributed by atoms with Gasteiger partial charge in [0, 0.05) is 5.69 Å². The quantitative estimate of drug-likeness (QED) is 0.556. The van der Waals surface area contributed by atoms with Gasteiger partial charge in [-0.25, -0.2) is 4.98 Å². The molecule has 5 nitrogen and oxygen atoms in total. The molecule has 3 aromatic rings. The highest BCUT2D eigenvalue weighted by atomic mass is 16.3. The predicted molar refractivity (Wildman–Crippen MR) is 61.3 cm³/mol. The van der Waals surface area contributed by atoms with Crippen molar-refractivity contribution in [2.45, 2.75) is 6.92 Å². The third-order valence-corrected chi connectivity index (χ3v) is 2.61. The molecule has 0 bridgehead atoms. The summed E-state index contributed by atoms with van der Waals surface area (Å²) in [7, 11) is 0. The molecule has 80 valence electrons. The summed E-state index contributed by atoms with van der Waals surface area (Å²) < 4.78 is 1.66. The molecule has 0 spiro atoms. The van der Waals surface area contributed by atoms with Crippen molar-refractivity contribution in [3.05, 3.63) is 30.1 Å². The molecule has 1 aromatic carbocycles. The number of aryl methyl sites for hydroxylation is 1. The zero-order valence-corrected chi connectivity index (χ0v) is 8.68. The van der Waals surface area contributed by atoms with E-state index in [1.165, 1.54) is 0 Å². The van der Waals surface area contributed by atoms with Crippen molar-refractivity contribution in [2.24, 2.45) is 0 Å². The van der Waals surface area contributed by atoms with E-state index in [0.29, 0.717) is 17.0 Å². The maximum Gasteiger partial charge on any atom is 0.219 e. The number of anilines is 1. The van der Waals surface area contributed by atoms with E-state index in [4.69, 9.17) is 5.73 Å². The predicted octanol–water partition coefficient (Wildman–Crippen LogP) is 1.48. The second kappa shape index (κ2) is 2.85. The van der Waals surface area contributed by atoms with Crippen molar-refractivity contribution >= 4 is 22.4 Å². The second-order valence-corrected chi connectivity index (χ2v) is 3.72. The summed E-state index contributed by atoms with van der Waals surface area (Å²) in [4.78, 5) is 8.45. The monoisotopic (exact) mass is 214 g/mol. The lowest BCUT2D eigenvalue weighted by Crippen LogP contribution is -1.92. The Labute approximate surface area is 91.2 Å². The van der Waals surface area contributed by atoms with E-state index < -0.39 is 0 Å². The normalized spacial score (nSPS) is 11.3. The van der Waals surface area contributed by atoms with Crippen LogP contribution in [0.1, 0.15) is 5.69 Å². The molecule has 0 saturated carbocycles. The SMILES string of the molecule is Cc1nc2cnc3cc(N)ccc3n2c1O. The highest BCUT2D eigenvalue weighted by molar-refractivity contribution is 5.81.